The Kier molecular flexibility index (Phi) is 6.13. The number of anilines is 3. The van der Waals surface area contributed by atoms with Crippen molar-refractivity contribution in [3.05, 3.63) is 0 Å². The first-order valence-electron chi connectivity index (χ1n) is 6.46. The van der Waals surface area contributed by atoms with Crippen molar-refractivity contribution in [1.82, 2.24) is 15.0 Å². The lowest BCUT2D eigenvalue weighted by Crippen LogP contribution is -2.26. The van der Waals surface area contributed by atoms with Gasteiger partial charge >= 0.3 is 0 Å². The zero-order valence-corrected chi connectivity index (χ0v) is 11.4. The van der Waals surface area contributed by atoms with Crippen LogP contribution in [0.5, 0.6) is 0 Å². The average molecular weight is 253 g/mol. The van der Waals surface area contributed by atoms with Crippen molar-refractivity contribution in [2.45, 2.75) is 33.6 Å². The lowest BCUT2D eigenvalue weighted by atomic mass is 10.3. The van der Waals surface area contributed by atoms with Crippen molar-refractivity contribution in [3.8, 4) is 0 Å². The largest absolute Gasteiger partial charge is 0.354 e. The van der Waals surface area contributed by atoms with Gasteiger partial charge in [0.15, 0.2) is 0 Å². The van der Waals surface area contributed by atoms with E-state index in [0.29, 0.717) is 17.8 Å². The number of nitrogen functional groups attached to an aromatic ring is 1. The van der Waals surface area contributed by atoms with Gasteiger partial charge in [0.05, 0.1) is 0 Å². The minimum atomic E-state index is 0.380. The van der Waals surface area contributed by atoms with Crippen LogP contribution in [-0.4, -0.2) is 34.6 Å². The van der Waals surface area contributed by atoms with Crippen LogP contribution in [0.15, 0.2) is 0 Å². The van der Waals surface area contributed by atoms with Gasteiger partial charge in [0.25, 0.3) is 0 Å². The number of hydrogen-bond acceptors (Lipinski definition) is 7. The quantitative estimate of drug-likeness (QED) is 0.364. The number of hydrazine groups is 1. The van der Waals surface area contributed by atoms with E-state index in [0.717, 1.165) is 32.5 Å². The molecular weight excluding hydrogens is 230 g/mol. The van der Waals surface area contributed by atoms with Crippen molar-refractivity contribution in [2.24, 2.45) is 5.84 Å². The predicted molar refractivity (Wildman–Crippen MR) is 74.6 cm³/mol. The van der Waals surface area contributed by atoms with Crippen molar-refractivity contribution >= 4 is 17.8 Å². The van der Waals surface area contributed by atoms with E-state index in [1.807, 2.05) is 4.90 Å². The number of nitrogens with two attached hydrogens (primary N) is 1. The fourth-order valence-electron chi connectivity index (χ4n) is 1.53. The minimum absolute atomic E-state index is 0.380. The van der Waals surface area contributed by atoms with Gasteiger partial charge in [-0.05, 0) is 20.3 Å². The molecule has 0 saturated carbocycles. The van der Waals surface area contributed by atoms with Crippen molar-refractivity contribution in [2.75, 3.05) is 35.3 Å². The molecule has 0 aliphatic heterocycles. The molecule has 0 fully saturated rings. The van der Waals surface area contributed by atoms with E-state index in [-0.39, 0.29) is 0 Å². The zero-order valence-electron chi connectivity index (χ0n) is 11.4. The summed E-state index contributed by atoms with van der Waals surface area (Å²) in [6, 6.07) is 0. The Morgan fingerprint density at radius 3 is 2.28 bits per heavy atom. The van der Waals surface area contributed by atoms with Crippen LogP contribution in [0.3, 0.4) is 0 Å². The summed E-state index contributed by atoms with van der Waals surface area (Å²) in [6.45, 7) is 8.81. The summed E-state index contributed by atoms with van der Waals surface area (Å²) >= 11 is 0. The second-order valence-electron chi connectivity index (χ2n) is 3.88. The molecule has 0 unspecified atom stereocenters. The van der Waals surface area contributed by atoms with Gasteiger partial charge < -0.3 is 10.2 Å². The van der Waals surface area contributed by atoms with E-state index < -0.39 is 0 Å². The normalized spacial score (nSPS) is 10.2. The van der Waals surface area contributed by atoms with Gasteiger partial charge in [-0.1, -0.05) is 13.3 Å². The number of nitrogens with one attached hydrogen (secondary N) is 2. The monoisotopic (exact) mass is 253 g/mol. The van der Waals surface area contributed by atoms with E-state index in [4.69, 9.17) is 5.84 Å². The molecule has 1 heterocycles. The molecule has 1 aromatic rings. The second-order valence-corrected chi connectivity index (χ2v) is 3.88. The summed E-state index contributed by atoms with van der Waals surface area (Å²) in [6.07, 6.45) is 2.21. The highest BCUT2D eigenvalue weighted by Gasteiger charge is 2.10. The molecule has 102 valence electrons. The smallest absolute Gasteiger partial charge is 0.243 e. The lowest BCUT2D eigenvalue weighted by molar-refractivity contribution is 0.800. The van der Waals surface area contributed by atoms with E-state index in [2.05, 4.69) is 46.5 Å². The van der Waals surface area contributed by atoms with Gasteiger partial charge in [-0.3, -0.25) is 5.43 Å². The van der Waals surface area contributed by atoms with E-state index in [1.165, 1.54) is 0 Å². The maximum absolute atomic E-state index is 5.38. The van der Waals surface area contributed by atoms with Crippen LogP contribution in [0.2, 0.25) is 0 Å². The van der Waals surface area contributed by atoms with Crippen LogP contribution in [0.1, 0.15) is 33.6 Å². The topological polar surface area (TPSA) is 92.0 Å². The Morgan fingerprint density at radius 2 is 1.72 bits per heavy atom. The third-order valence-corrected chi connectivity index (χ3v) is 2.61. The summed E-state index contributed by atoms with van der Waals surface area (Å²) in [5, 5.41) is 3.18. The third-order valence-electron chi connectivity index (χ3n) is 2.61. The SMILES string of the molecule is CCCCNc1nc(NN)nc(N(CC)CC)n1. The molecule has 1 aromatic heterocycles. The summed E-state index contributed by atoms with van der Waals surface area (Å²) in [7, 11) is 0. The summed E-state index contributed by atoms with van der Waals surface area (Å²) in [5.41, 5.74) is 2.47. The molecule has 0 radical (unpaired) electrons. The van der Waals surface area contributed by atoms with E-state index >= 15 is 0 Å². The number of hydrogen-bond donors (Lipinski definition) is 3. The summed E-state index contributed by atoms with van der Waals surface area (Å²) in [5.74, 6) is 6.96. The molecule has 0 aliphatic carbocycles. The number of aromatic nitrogens is 3. The molecule has 0 spiro atoms. The van der Waals surface area contributed by atoms with E-state index in [1.54, 1.807) is 0 Å². The van der Waals surface area contributed by atoms with Crippen LogP contribution in [0, 0.1) is 0 Å². The Bertz CT molecular complexity index is 351. The molecule has 0 bridgehead atoms. The van der Waals surface area contributed by atoms with E-state index in [9.17, 15) is 0 Å². The van der Waals surface area contributed by atoms with Gasteiger partial charge in [-0.15, -0.1) is 0 Å². The summed E-state index contributed by atoms with van der Waals surface area (Å²) < 4.78 is 0. The fourth-order valence-corrected chi connectivity index (χ4v) is 1.53. The highest BCUT2D eigenvalue weighted by atomic mass is 15.4. The van der Waals surface area contributed by atoms with Crippen LogP contribution < -0.4 is 21.5 Å². The Hall–Kier alpha value is -1.63. The highest BCUT2D eigenvalue weighted by molar-refractivity contribution is 5.43. The molecule has 18 heavy (non-hydrogen) atoms. The Morgan fingerprint density at radius 1 is 1.06 bits per heavy atom. The van der Waals surface area contributed by atoms with Crippen LogP contribution in [0.4, 0.5) is 17.8 Å². The molecular formula is C11H23N7. The molecule has 0 aromatic carbocycles. The molecule has 4 N–H and O–H groups in total. The molecule has 7 nitrogen and oxygen atoms in total. The van der Waals surface area contributed by atoms with Crippen molar-refractivity contribution in [1.29, 1.82) is 0 Å². The molecule has 0 atom stereocenters. The van der Waals surface area contributed by atoms with Gasteiger partial charge in [0.2, 0.25) is 17.8 Å². The molecule has 0 aliphatic rings. The molecule has 7 heteroatoms. The second kappa shape index (κ2) is 7.65. The van der Waals surface area contributed by atoms with Gasteiger partial charge in [-0.25, -0.2) is 5.84 Å². The first-order chi connectivity index (χ1) is 8.74. The van der Waals surface area contributed by atoms with Crippen LogP contribution >= 0.6 is 0 Å². The van der Waals surface area contributed by atoms with Crippen molar-refractivity contribution < 1.29 is 0 Å². The Labute approximate surface area is 108 Å². The minimum Gasteiger partial charge on any atom is -0.354 e. The van der Waals surface area contributed by atoms with Crippen LogP contribution in [-0.2, 0) is 0 Å². The first-order valence-corrected chi connectivity index (χ1v) is 6.46. The average Bonchev–Trinajstić information content (AvgIpc) is 2.40. The maximum Gasteiger partial charge on any atom is 0.243 e. The Balaban J connectivity index is 2.86. The van der Waals surface area contributed by atoms with Gasteiger partial charge in [-0.2, -0.15) is 15.0 Å². The standard InChI is InChI=1S/C11H23N7/c1-4-7-8-13-9-14-10(17-12)16-11(15-9)18(5-2)6-3/h4-8,12H2,1-3H3,(H2,13,14,15,16,17). The zero-order chi connectivity index (χ0) is 13.4. The number of nitrogens with zero attached hydrogens (tertiary/aromatic N) is 4. The first kappa shape index (κ1) is 14.4. The van der Waals surface area contributed by atoms with Crippen LogP contribution in [0.25, 0.3) is 0 Å². The fraction of sp³-hybridized carbons (Fsp3) is 0.727. The molecule has 0 amide bonds. The maximum atomic E-state index is 5.38. The van der Waals surface area contributed by atoms with Gasteiger partial charge in [0, 0.05) is 19.6 Å². The number of rotatable bonds is 8. The molecule has 1 rings (SSSR count). The van der Waals surface area contributed by atoms with Crippen molar-refractivity contribution in [3.63, 3.8) is 0 Å². The summed E-state index contributed by atoms with van der Waals surface area (Å²) in [4.78, 5) is 14.9. The van der Waals surface area contributed by atoms with Gasteiger partial charge in [0.1, 0.15) is 0 Å². The molecule has 0 saturated heterocycles. The lowest BCUT2D eigenvalue weighted by Gasteiger charge is -2.19. The predicted octanol–water partition coefficient (Wildman–Crippen LogP) is 1.22. The highest BCUT2D eigenvalue weighted by Crippen LogP contribution is 2.12. The number of unbranched alkanes of at least 4 members (excludes halogenated alkanes) is 1. The third kappa shape index (κ3) is 3.99.